The SMILES string of the molecule is O=C(CCC1CCNC1)NC1CCCC1c1ccccc1. The fourth-order valence-electron chi connectivity index (χ4n) is 3.81. The summed E-state index contributed by atoms with van der Waals surface area (Å²) in [6.07, 6.45) is 6.48. The summed E-state index contributed by atoms with van der Waals surface area (Å²) >= 11 is 0. The van der Waals surface area contributed by atoms with Crippen LogP contribution < -0.4 is 10.6 Å². The third-order valence-electron chi connectivity index (χ3n) is 5.03. The third kappa shape index (κ3) is 3.85. The van der Waals surface area contributed by atoms with E-state index >= 15 is 0 Å². The van der Waals surface area contributed by atoms with Gasteiger partial charge in [0.25, 0.3) is 0 Å². The molecule has 0 radical (unpaired) electrons. The Morgan fingerprint density at radius 2 is 2.05 bits per heavy atom. The molecule has 1 aliphatic heterocycles. The fraction of sp³-hybridized carbons (Fsp3) is 0.611. The molecule has 1 saturated heterocycles. The Bertz CT molecular complexity index is 454. The summed E-state index contributed by atoms with van der Waals surface area (Å²) in [4.78, 5) is 12.2. The Labute approximate surface area is 127 Å². The van der Waals surface area contributed by atoms with Gasteiger partial charge in [-0.3, -0.25) is 4.79 Å². The van der Waals surface area contributed by atoms with Crippen molar-refractivity contribution >= 4 is 5.91 Å². The van der Waals surface area contributed by atoms with Crippen molar-refractivity contribution in [3.8, 4) is 0 Å². The number of hydrogen-bond donors (Lipinski definition) is 2. The number of carbonyl (C=O) groups excluding carboxylic acids is 1. The molecule has 3 rings (SSSR count). The molecular formula is C18H26N2O. The standard InChI is InChI=1S/C18H26N2O/c21-18(10-9-14-11-12-19-13-14)20-17-8-4-7-16(17)15-5-2-1-3-6-15/h1-3,5-6,14,16-17,19H,4,7-13H2,(H,20,21). The minimum atomic E-state index is 0.245. The summed E-state index contributed by atoms with van der Waals surface area (Å²) in [6, 6.07) is 11.0. The van der Waals surface area contributed by atoms with Crippen molar-refractivity contribution in [2.24, 2.45) is 5.92 Å². The van der Waals surface area contributed by atoms with E-state index < -0.39 is 0 Å². The van der Waals surface area contributed by atoms with Gasteiger partial charge in [-0.25, -0.2) is 0 Å². The van der Waals surface area contributed by atoms with Gasteiger partial charge in [0.1, 0.15) is 0 Å². The molecule has 2 fully saturated rings. The highest BCUT2D eigenvalue weighted by molar-refractivity contribution is 5.76. The number of benzene rings is 1. The molecular weight excluding hydrogens is 260 g/mol. The van der Waals surface area contributed by atoms with Gasteiger partial charge in [0.15, 0.2) is 0 Å². The van der Waals surface area contributed by atoms with Gasteiger partial charge in [-0.2, -0.15) is 0 Å². The van der Waals surface area contributed by atoms with Crippen LogP contribution >= 0.6 is 0 Å². The molecule has 2 aliphatic rings. The molecule has 3 unspecified atom stereocenters. The number of hydrogen-bond acceptors (Lipinski definition) is 2. The van der Waals surface area contributed by atoms with Gasteiger partial charge < -0.3 is 10.6 Å². The van der Waals surface area contributed by atoms with Gasteiger partial charge in [-0.05, 0) is 50.3 Å². The van der Waals surface area contributed by atoms with Crippen LogP contribution in [0.2, 0.25) is 0 Å². The van der Waals surface area contributed by atoms with Gasteiger partial charge in [0.05, 0.1) is 0 Å². The van der Waals surface area contributed by atoms with Crippen LogP contribution in [0.4, 0.5) is 0 Å². The van der Waals surface area contributed by atoms with E-state index in [4.69, 9.17) is 0 Å². The Hall–Kier alpha value is -1.35. The highest BCUT2D eigenvalue weighted by atomic mass is 16.1. The molecule has 1 amide bonds. The Morgan fingerprint density at radius 1 is 1.19 bits per heavy atom. The maximum atomic E-state index is 12.2. The van der Waals surface area contributed by atoms with Crippen LogP contribution in [0.25, 0.3) is 0 Å². The highest BCUT2D eigenvalue weighted by Gasteiger charge is 2.29. The van der Waals surface area contributed by atoms with E-state index in [0.29, 0.717) is 24.3 Å². The second-order valence-electron chi connectivity index (χ2n) is 6.52. The Morgan fingerprint density at radius 3 is 2.81 bits per heavy atom. The molecule has 114 valence electrons. The Balaban J connectivity index is 1.50. The van der Waals surface area contributed by atoms with Gasteiger partial charge in [0, 0.05) is 18.4 Å². The van der Waals surface area contributed by atoms with Crippen molar-refractivity contribution in [3.05, 3.63) is 35.9 Å². The Kier molecular flexibility index (Phi) is 4.91. The molecule has 0 aromatic heterocycles. The first-order valence-electron chi connectivity index (χ1n) is 8.38. The molecule has 3 atom stereocenters. The lowest BCUT2D eigenvalue weighted by Crippen LogP contribution is -2.36. The first-order valence-corrected chi connectivity index (χ1v) is 8.38. The number of nitrogens with one attached hydrogen (secondary N) is 2. The van der Waals surface area contributed by atoms with E-state index in [0.717, 1.165) is 25.9 Å². The fourth-order valence-corrected chi connectivity index (χ4v) is 3.81. The third-order valence-corrected chi connectivity index (χ3v) is 5.03. The lowest BCUT2D eigenvalue weighted by Gasteiger charge is -2.21. The molecule has 1 aliphatic carbocycles. The van der Waals surface area contributed by atoms with Crippen LogP contribution in [-0.4, -0.2) is 25.0 Å². The van der Waals surface area contributed by atoms with E-state index in [1.165, 1.54) is 24.8 Å². The summed E-state index contributed by atoms with van der Waals surface area (Å²) in [5, 5.41) is 6.66. The molecule has 3 heteroatoms. The molecule has 1 aromatic rings. The first kappa shape index (κ1) is 14.6. The van der Waals surface area contributed by atoms with Crippen LogP contribution in [-0.2, 0) is 4.79 Å². The minimum absolute atomic E-state index is 0.245. The average molecular weight is 286 g/mol. The highest BCUT2D eigenvalue weighted by Crippen LogP contribution is 2.34. The lowest BCUT2D eigenvalue weighted by atomic mass is 9.94. The van der Waals surface area contributed by atoms with Crippen molar-refractivity contribution in [3.63, 3.8) is 0 Å². The summed E-state index contributed by atoms with van der Waals surface area (Å²) in [6.45, 7) is 2.20. The monoisotopic (exact) mass is 286 g/mol. The van der Waals surface area contributed by atoms with Crippen molar-refractivity contribution < 1.29 is 4.79 Å². The summed E-state index contributed by atoms with van der Waals surface area (Å²) in [5.41, 5.74) is 1.38. The van der Waals surface area contributed by atoms with Crippen LogP contribution in [0, 0.1) is 5.92 Å². The molecule has 1 heterocycles. The normalized spacial score (nSPS) is 28.7. The average Bonchev–Trinajstić information content (AvgIpc) is 3.17. The van der Waals surface area contributed by atoms with Crippen molar-refractivity contribution in [1.29, 1.82) is 0 Å². The maximum absolute atomic E-state index is 12.2. The van der Waals surface area contributed by atoms with Crippen LogP contribution in [0.1, 0.15) is 50.0 Å². The van der Waals surface area contributed by atoms with Crippen molar-refractivity contribution in [2.45, 2.75) is 50.5 Å². The van der Waals surface area contributed by atoms with E-state index in [1.807, 2.05) is 0 Å². The number of carbonyl (C=O) groups is 1. The maximum Gasteiger partial charge on any atom is 0.220 e. The lowest BCUT2D eigenvalue weighted by molar-refractivity contribution is -0.122. The van der Waals surface area contributed by atoms with Crippen LogP contribution in [0.5, 0.6) is 0 Å². The zero-order valence-electron chi connectivity index (χ0n) is 12.7. The molecule has 1 saturated carbocycles. The van der Waals surface area contributed by atoms with Gasteiger partial charge in [-0.1, -0.05) is 36.8 Å². The van der Waals surface area contributed by atoms with Crippen LogP contribution in [0.3, 0.4) is 0 Å². The summed E-state index contributed by atoms with van der Waals surface area (Å²) in [5.74, 6) is 1.45. The van der Waals surface area contributed by atoms with Crippen molar-refractivity contribution in [1.82, 2.24) is 10.6 Å². The summed E-state index contributed by atoms with van der Waals surface area (Å²) < 4.78 is 0. The second kappa shape index (κ2) is 7.08. The predicted octanol–water partition coefficient (Wildman–Crippen LogP) is 2.83. The molecule has 2 N–H and O–H groups in total. The molecule has 0 spiro atoms. The van der Waals surface area contributed by atoms with E-state index in [9.17, 15) is 4.79 Å². The smallest absolute Gasteiger partial charge is 0.220 e. The zero-order valence-corrected chi connectivity index (χ0v) is 12.7. The van der Waals surface area contributed by atoms with Crippen molar-refractivity contribution in [2.75, 3.05) is 13.1 Å². The zero-order chi connectivity index (χ0) is 14.5. The molecule has 0 bridgehead atoms. The minimum Gasteiger partial charge on any atom is -0.353 e. The molecule has 21 heavy (non-hydrogen) atoms. The van der Waals surface area contributed by atoms with E-state index in [-0.39, 0.29) is 5.91 Å². The van der Waals surface area contributed by atoms with E-state index in [1.54, 1.807) is 0 Å². The summed E-state index contributed by atoms with van der Waals surface area (Å²) in [7, 11) is 0. The number of rotatable bonds is 5. The van der Waals surface area contributed by atoms with Gasteiger partial charge in [-0.15, -0.1) is 0 Å². The van der Waals surface area contributed by atoms with Gasteiger partial charge in [0.2, 0.25) is 5.91 Å². The number of amides is 1. The molecule has 1 aromatic carbocycles. The topological polar surface area (TPSA) is 41.1 Å². The van der Waals surface area contributed by atoms with Gasteiger partial charge >= 0.3 is 0 Å². The first-order chi connectivity index (χ1) is 10.3. The molecule has 3 nitrogen and oxygen atoms in total. The predicted molar refractivity (Wildman–Crippen MR) is 85.2 cm³/mol. The largest absolute Gasteiger partial charge is 0.353 e. The quantitative estimate of drug-likeness (QED) is 0.874. The second-order valence-corrected chi connectivity index (χ2v) is 6.52. The van der Waals surface area contributed by atoms with Crippen LogP contribution in [0.15, 0.2) is 30.3 Å². The van der Waals surface area contributed by atoms with E-state index in [2.05, 4.69) is 41.0 Å².